The molecule has 2 rings (SSSR count). The van der Waals surface area contributed by atoms with Gasteiger partial charge in [-0.25, -0.2) is 0 Å². The van der Waals surface area contributed by atoms with Gasteiger partial charge in [0.2, 0.25) is 5.22 Å². The van der Waals surface area contributed by atoms with Crippen molar-refractivity contribution in [3.05, 3.63) is 47.1 Å². The Morgan fingerprint density at radius 3 is 2.94 bits per heavy atom. The number of rotatable bonds is 3. The maximum absolute atomic E-state index is 11.6. The molecule has 0 aliphatic rings. The van der Waals surface area contributed by atoms with Crippen LogP contribution in [0.2, 0.25) is 5.22 Å². The zero-order valence-electron chi connectivity index (χ0n) is 8.74. The van der Waals surface area contributed by atoms with Crippen molar-refractivity contribution in [1.29, 1.82) is 0 Å². The Bertz CT molecular complexity index is 502. The minimum absolute atomic E-state index is 0.116. The molecule has 1 amide bonds. The molecule has 0 atom stereocenters. The Kier molecular flexibility index (Phi) is 3.01. The van der Waals surface area contributed by atoms with E-state index >= 15 is 0 Å². The molecule has 5 heteroatoms. The number of halogens is 1. The van der Waals surface area contributed by atoms with E-state index in [4.69, 9.17) is 16.0 Å². The van der Waals surface area contributed by atoms with Gasteiger partial charge in [0, 0.05) is 26.0 Å². The quantitative estimate of drug-likeness (QED) is 0.891. The zero-order chi connectivity index (χ0) is 11.5. The van der Waals surface area contributed by atoms with Gasteiger partial charge in [-0.3, -0.25) is 4.79 Å². The van der Waals surface area contributed by atoms with Gasteiger partial charge in [-0.05, 0) is 29.3 Å². The molecule has 0 radical (unpaired) electrons. The lowest BCUT2D eigenvalue weighted by atomic mass is 10.3. The molecule has 2 heterocycles. The third-order valence-corrected chi connectivity index (χ3v) is 2.50. The molecule has 16 heavy (non-hydrogen) atoms. The molecule has 0 fully saturated rings. The maximum Gasteiger partial charge on any atom is 0.256 e. The van der Waals surface area contributed by atoms with Crippen molar-refractivity contribution < 1.29 is 9.21 Å². The molecular formula is C11H11ClN2O2. The lowest BCUT2D eigenvalue weighted by molar-refractivity contribution is 0.0950. The van der Waals surface area contributed by atoms with Crippen molar-refractivity contribution in [2.45, 2.75) is 6.54 Å². The number of aromatic nitrogens is 1. The molecule has 0 saturated carbocycles. The molecule has 0 aliphatic heterocycles. The monoisotopic (exact) mass is 238 g/mol. The standard InChI is InChI=1S/C11H11ClN2O2/c1-14-4-2-8(7-14)6-13-11(15)9-3-5-16-10(9)12/h2-5,7H,6H2,1H3,(H,13,15). The fraction of sp³-hybridized carbons (Fsp3) is 0.182. The van der Waals surface area contributed by atoms with Gasteiger partial charge in [0.25, 0.3) is 5.91 Å². The SMILES string of the molecule is Cn1ccc(CNC(=O)c2ccoc2Cl)c1. The number of nitrogens with zero attached hydrogens (tertiary/aromatic N) is 1. The van der Waals surface area contributed by atoms with Crippen LogP contribution in [-0.2, 0) is 13.6 Å². The van der Waals surface area contributed by atoms with Crippen molar-refractivity contribution in [3.63, 3.8) is 0 Å². The van der Waals surface area contributed by atoms with Crippen LogP contribution >= 0.6 is 11.6 Å². The summed E-state index contributed by atoms with van der Waals surface area (Å²) in [5.41, 5.74) is 1.40. The minimum atomic E-state index is -0.234. The third kappa shape index (κ3) is 2.28. The van der Waals surface area contributed by atoms with Gasteiger partial charge in [0.15, 0.2) is 0 Å². The van der Waals surface area contributed by atoms with E-state index in [2.05, 4.69) is 5.32 Å². The highest BCUT2D eigenvalue weighted by Crippen LogP contribution is 2.16. The molecule has 4 nitrogen and oxygen atoms in total. The lowest BCUT2D eigenvalue weighted by Gasteiger charge is -2.01. The van der Waals surface area contributed by atoms with Crippen LogP contribution in [-0.4, -0.2) is 10.5 Å². The van der Waals surface area contributed by atoms with E-state index in [9.17, 15) is 4.79 Å². The number of nitrogens with one attached hydrogen (secondary N) is 1. The van der Waals surface area contributed by atoms with Crippen molar-refractivity contribution >= 4 is 17.5 Å². The van der Waals surface area contributed by atoms with Gasteiger partial charge < -0.3 is 14.3 Å². The number of hydrogen-bond donors (Lipinski definition) is 1. The summed E-state index contributed by atoms with van der Waals surface area (Å²) < 4.78 is 6.77. The minimum Gasteiger partial charge on any atom is -0.452 e. The Balaban J connectivity index is 1.96. The molecule has 1 N–H and O–H groups in total. The first-order valence-corrected chi connectivity index (χ1v) is 5.16. The van der Waals surface area contributed by atoms with Gasteiger partial charge in [-0.2, -0.15) is 0 Å². The van der Waals surface area contributed by atoms with Crippen molar-refractivity contribution in [1.82, 2.24) is 9.88 Å². The van der Waals surface area contributed by atoms with Gasteiger partial charge in [0.05, 0.1) is 11.8 Å². The van der Waals surface area contributed by atoms with Crippen molar-refractivity contribution in [2.75, 3.05) is 0 Å². The summed E-state index contributed by atoms with van der Waals surface area (Å²) in [6.07, 6.45) is 5.25. The van der Waals surface area contributed by atoms with Crippen LogP contribution < -0.4 is 5.32 Å². The summed E-state index contributed by atoms with van der Waals surface area (Å²) in [5.74, 6) is -0.234. The second kappa shape index (κ2) is 4.45. The molecule has 2 aromatic heterocycles. The summed E-state index contributed by atoms with van der Waals surface area (Å²) >= 11 is 5.69. The number of carbonyl (C=O) groups excluding carboxylic acids is 1. The lowest BCUT2D eigenvalue weighted by Crippen LogP contribution is -2.22. The van der Waals surface area contributed by atoms with Crippen molar-refractivity contribution in [3.8, 4) is 0 Å². The first-order valence-electron chi connectivity index (χ1n) is 4.79. The van der Waals surface area contributed by atoms with Crippen molar-refractivity contribution in [2.24, 2.45) is 7.05 Å². The highest BCUT2D eigenvalue weighted by molar-refractivity contribution is 6.32. The van der Waals surface area contributed by atoms with Gasteiger partial charge in [0.1, 0.15) is 0 Å². The highest BCUT2D eigenvalue weighted by Gasteiger charge is 2.12. The molecule has 2 aromatic rings. The number of furan rings is 1. The molecule has 0 unspecified atom stereocenters. The Morgan fingerprint density at radius 1 is 1.56 bits per heavy atom. The van der Waals surface area contributed by atoms with Crippen LogP contribution in [0.5, 0.6) is 0 Å². The highest BCUT2D eigenvalue weighted by atomic mass is 35.5. The second-order valence-corrected chi connectivity index (χ2v) is 3.82. The van der Waals surface area contributed by atoms with Crippen LogP contribution in [0.25, 0.3) is 0 Å². The Labute approximate surface area is 97.8 Å². The summed E-state index contributed by atoms with van der Waals surface area (Å²) in [7, 11) is 1.93. The topological polar surface area (TPSA) is 47.2 Å². The fourth-order valence-electron chi connectivity index (χ4n) is 1.40. The van der Waals surface area contributed by atoms with Crippen LogP contribution in [0.1, 0.15) is 15.9 Å². The molecule has 0 spiro atoms. The fourth-order valence-corrected chi connectivity index (χ4v) is 1.60. The summed E-state index contributed by atoms with van der Waals surface area (Å²) in [4.78, 5) is 11.6. The number of carbonyl (C=O) groups is 1. The summed E-state index contributed by atoms with van der Waals surface area (Å²) in [5, 5.41) is 2.88. The van der Waals surface area contributed by atoms with Gasteiger partial charge in [-0.15, -0.1) is 0 Å². The summed E-state index contributed by atoms with van der Waals surface area (Å²) in [6, 6.07) is 3.49. The zero-order valence-corrected chi connectivity index (χ0v) is 9.49. The smallest absolute Gasteiger partial charge is 0.256 e. The van der Waals surface area contributed by atoms with E-state index in [0.29, 0.717) is 12.1 Å². The Morgan fingerprint density at radius 2 is 2.38 bits per heavy atom. The number of amides is 1. The average Bonchev–Trinajstić information content (AvgIpc) is 2.84. The predicted octanol–water partition coefficient (Wildman–Crippen LogP) is 2.20. The summed E-state index contributed by atoms with van der Waals surface area (Å²) in [6.45, 7) is 0.473. The van der Waals surface area contributed by atoms with Crippen LogP contribution in [0.4, 0.5) is 0 Å². The molecular weight excluding hydrogens is 228 g/mol. The number of aryl methyl sites for hydroxylation is 1. The van der Waals surface area contributed by atoms with E-state index in [0.717, 1.165) is 5.56 Å². The Hall–Kier alpha value is -1.68. The average molecular weight is 239 g/mol. The van der Waals surface area contributed by atoms with E-state index in [1.807, 2.05) is 30.1 Å². The first kappa shape index (κ1) is 10.8. The number of hydrogen-bond acceptors (Lipinski definition) is 2. The third-order valence-electron chi connectivity index (χ3n) is 2.21. The second-order valence-electron chi connectivity index (χ2n) is 3.48. The molecule has 0 aliphatic carbocycles. The van der Waals surface area contributed by atoms with Crippen LogP contribution in [0, 0.1) is 0 Å². The molecule has 0 bridgehead atoms. The maximum atomic E-state index is 11.6. The molecule has 84 valence electrons. The van der Waals surface area contributed by atoms with E-state index in [1.165, 1.54) is 6.26 Å². The van der Waals surface area contributed by atoms with Gasteiger partial charge >= 0.3 is 0 Å². The van der Waals surface area contributed by atoms with Crippen LogP contribution in [0.15, 0.2) is 35.2 Å². The normalized spacial score (nSPS) is 10.4. The van der Waals surface area contributed by atoms with E-state index < -0.39 is 0 Å². The molecule has 0 aromatic carbocycles. The van der Waals surface area contributed by atoms with E-state index in [-0.39, 0.29) is 11.1 Å². The largest absolute Gasteiger partial charge is 0.452 e. The van der Waals surface area contributed by atoms with Gasteiger partial charge in [-0.1, -0.05) is 0 Å². The predicted molar refractivity (Wildman–Crippen MR) is 60.3 cm³/mol. The van der Waals surface area contributed by atoms with Crippen LogP contribution in [0.3, 0.4) is 0 Å². The van der Waals surface area contributed by atoms with E-state index in [1.54, 1.807) is 6.07 Å². The first-order chi connectivity index (χ1) is 7.66. The molecule has 0 saturated heterocycles.